The Labute approximate surface area is 138 Å². The lowest BCUT2D eigenvalue weighted by atomic mass is 9.89. The van der Waals surface area contributed by atoms with Crippen LogP contribution < -0.4 is 0 Å². The van der Waals surface area contributed by atoms with E-state index >= 15 is 0 Å². The van der Waals surface area contributed by atoms with Gasteiger partial charge < -0.3 is 4.90 Å². The van der Waals surface area contributed by atoms with Crippen molar-refractivity contribution in [3.05, 3.63) is 12.2 Å². The molecule has 0 unspecified atom stereocenters. The molecule has 2 fully saturated rings. The molecule has 0 aromatic rings. The Morgan fingerprint density at radius 3 is 1.90 bits per heavy atom. The smallest absolute Gasteiger partial charge is 0.218 e. The maximum Gasteiger partial charge on any atom is 0.218 e. The molecule has 0 aromatic carbocycles. The van der Waals surface area contributed by atoms with Gasteiger partial charge in [-0.3, -0.25) is 4.79 Å². The molecule has 2 aliphatic rings. The van der Waals surface area contributed by atoms with Gasteiger partial charge in [-0.1, -0.05) is 56.8 Å². The van der Waals surface area contributed by atoms with Crippen LogP contribution in [0.25, 0.3) is 0 Å². The number of thioether (sulfide) groups is 1. The molecule has 4 heteroatoms. The molecule has 0 aliphatic heterocycles. The normalized spacial score (nSPS) is 21.6. The van der Waals surface area contributed by atoms with Gasteiger partial charge in [0.25, 0.3) is 0 Å². The van der Waals surface area contributed by atoms with Crippen LogP contribution in [0.4, 0.5) is 0 Å². The highest BCUT2D eigenvalue weighted by Crippen LogP contribution is 2.32. The molecular formula is C17H27NOS2. The maximum absolute atomic E-state index is 11.9. The van der Waals surface area contributed by atoms with E-state index in [4.69, 9.17) is 12.2 Å². The lowest BCUT2D eigenvalue weighted by Crippen LogP contribution is -2.47. The highest BCUT2D eigenvalue weighted by atomic mass is 32.2. The van der Waals surface area contributed by atoms with Crippen LogP contribution in [0.1, 0.15) is 71.1 Å². The fourth-order valence-electron chi connectivity index (χ4n) is 3.62. The van der Waals surface area contributed by atoms with Gasteiger partial charge in [0.15, 0.2) is 0 Å². The van der Waals surface area contributed by atoms with Gasteiger partial charge in [-0.2, -0.15) is 0 Å². The number of carbonyl (C=O) groups is 1. The number of nitrogens with zero attached hydrogens (tertiary/aromatic N) is 1. The molecular weight excluding hydrogens is 298 g/mol. The van der Waals surface area contributed by atoms with Crippen LogP contribution in [-0.2, 0) is 4.79 Å². The van der Waals surface area contributed by atoms with E-state index in [-0.39, 0.29) is 5.12 Å². The zero-order chi connectivity index (χ0) is 15.1. The summed E-state index contributed by atoms with van der Waals surface area (Å²) in [5.74, 6) is 0. The highest BCUT2D eigenvalue weighted by Gasteiger charge is 2.31. The van der Waals surface area contributed by atoms with E-state index in [1.807, 2.05) is 6.92 Å². The fraction of sp³-hybridized carbons (Fsp3) is 0.765. The number of hydrogen-bond donors (Lipinski definition) is 0. The molecule has 0 aromatic heterocycles. The zero-order valence-corrected chi connectivity index (χ0v) is 14.7. The average Bonchev–Trinajstić information content (AvgIpc) is 2.50. The Bertz CT molecular complexity index is 364. The molecule has 0 amide bonds. The molecule has 0 atom stereocenters. The summed E-state index contributed by atoms with van der Waals surface area (Å²) in [5, 5.41) is 0.0686. The van der Waals surface area contributed by atoms with Gasteiger partial charge in [0.2, 0.25) is 5.12 Å². The van der Waals surface area contributed by atoms with Gasteiger partial charge in [0, 0.05) is 12.1 Å². The summed E-state index contributed by atoms with van der Waals surface area (Å²) in [6.45, 7) is 1.88. The van der Waals surface area contributed by atoms with E-state index in [1.165, 1.54) is 76.0 Å². The molecule has 2 saturated carbocycles. The van der Waals surface area contributed by atoms with Crippen molar-refractivity contribution in [2.75, 3.05) is 0 Å². The van der Waals surface area contributed by atoms with E-state index < -0.39 is 0 Å². The van der Waals surface area contributed by atoms with E-state index in [1.54, 1.807) is 12.2 Å². The molecule has 2 rings (SSSR count). The molecule has 0 radical (unpaired) electrons. The van der Waals surface area contributed by atoms with Crippen molar-refractivity contribution in [2.45, 2.75) is 83.2 Å². The second-order valence-electron chi connectivity index (χ2n) is 6.18. The van der Waals surface area contributed by atoms with Crippen molar-refractivity contribution >= 4 is 33.4 Å². The van der Waals surface area contributed by atoms with E-state index in [0.29, 0.717) is 12.1 Å². The summed E-state index contributed by atoms with van der Waals surface area (Å²) in [4.78, 5) is 14.3. The SMILES string of the molecule is C/C=C/C(=O)SC(=S)N(C1CCCCC1)C1CCCCC1. The first-order valence-electron chi connectivity index (χ1n) is 8.39. The van der Waals surface area contributed by atoms with Crippen LogP contribution in [0, 0.1) is 0 Å². The summed E-state index contributed by atoms with van der Waals surface area (Å²) in [5.41, 5.74) is 0. The summed E-state index contributed by atoms with van der Waals surface area (Å²) in [7, 11) is 0. The summed E-state index contributed by atoms with van der Waals surface area (Å²) >= 11 is 6.91. The molecule has 2 nitrogen and oxygen atoms in total. The van der Waals surface area contributed by atoms with Gasteiger partial charge in [0.1, 0.15) is 4.32 Å². The van der Waals surface area contributed by atoms with Crippen molar-refractivity contribution in [1.82, 2.24) is 4.90 Å². The average molecular weight is 326 g/mol. The second-order valence-corrected chi connectivity index (χ2v) is 7.82. The maximum atomic E-state index is 11.9. The van der Waals surface area contributed by atoms with Crippen LogP contribution >= 0.6 is 24.0 Å². The number of allylic oxidation sites excluding steroid dienone is 1. The van der Waals surface area contributed by atoms with Crippen molar-refractivity contribution in [2.24, 2.45) is 0 Å². The molecule has 118 valence electrons. The van der Waals surface area contributed by atoms with Crippen LogP contribution in [0.5, 0.6) is 0 Å². The predicted octanol–water partition coefficient (Wildman–Crippen LogP) is 5.07. The Morgan fingerprint density at radius 1 is 1.00 bits per heavy atom. The van der Waals surface area contributed by atoms with E-state index in [0.717, 1.165) is 4.32 Å². The third-order valence-electron chi connectivity index (χ3n) is 4.64. The van der Waals surface area contributed by atoms with Gasteiger partial charge in [-0.25, -0.2) is 0 Å². The van der Waals surface area contributed by atoms with Crippen LogP contribution in [0.2, 0.25) is 0 Å². The minimum Gasteiger partial charge on any atom is -0.351 e. The Balaban J connectivity index is 2.05. The first-order valence-corrected chi connectivity index (χ1v) is 9.61. The molecule has 0 N–H and O–H groups in total. The van der Waals surface area contributed by atoms with Crippen LogP contribution in [0.3, 0.4) is 0 Å². The summed E-state index contributed by atoms with van der Waals surface area (Å²) in [6, 6.07) is 1.14. The highest BCUT2D eigenvalue weighted by molar-refractivity contribution is 8.33. The second kappa shape index (κ2) is 8.94. The zero-order valence-electron chi connectivity index (χ0n) is 13.1. The third-order valence-corrected chi connectivity index (χ3v) is 5.82. The van der Waals surface area contributed by atoms with Crippen molar-refractivity contribution in [3.8, 4) is 0 Å². The predicted molar refractivity (Wildman–Crippen MR) is 95.6 cm³/mol. The van der Waals surface area contributed by atoms with E-state index in [2.05, 4.69) is 4.90 Å². The summed E-state index contributed by atoms with van der Waals surface area (Å²) < 4.78 is 0.817. The number of rotatable bonds is 3. The van der Waals surface area contributed by atoms with Crippen molar-refractivity contribution in [3.63, 3.8) is 0 Å². The quantitative estimate of drug-likeness (QED) is 0.533. The van der Waals surface area contributed by atoms with Crippen molar-refractivity contribution in [1.29, 1.82) is 0 Å². The minimum absolute atomic E-state index is 0.0686. The first-order chi connectivity index (χ1) is 10.2. The number of thiocarbonyl (C=S) groups is 1. The Hall–Kier alpha value is -0.350. The van der Waals surface area contributed by atoms with Gasteiger partial charge in [-0.15, -0.1) is 0 Å². The molecule has 0 spiro atoms. The molecule has 0 saturated heterocycles. The van der Waals surface area contributed by atoms with Gasteiger partial charge in [-0.05, 0) is 50.4 Å². The van der Waals surface area contributed by atoms with Gasteiger partial charge >= 0.3 is 0 Å². The molecule has 2 aliphatic carbocycles. The lowest BCUT2D eigenvalue weighted by Gasteiger charge is -2.42. The number of hydrogen-bond acceptors (Lipinski definition) is 3. The first kappa shape index (κ1) is 17.0. The van der Waals surface area contributed by atoms with Crippen LogP contribution in [0.15, 0.2) is 12.2 Å². The Morgan fingerprint density at radius 2 is 1.48 bits per heavy atom. The van der Waals surface area contributed by atoms with E-state index in [9.17, 15) is 4.79 Å². The van der Waals surface area contributed by atoms with Gasteiger partial charge in [0.05, 0.1) is 0 Å². The summed E-state index contributed by atoms with van der Waals surface area (Å²) in [6.07, 6.45) is 16.3. The standard InChI is InChI=1S/C17H27NOS2/c1-2-9-16(19)21-17(20)18(14-10-5-3-6-11-14)15-12-7-4-8-13-15/h2,9,14-15H,3-8,10-13H2,1H3/b9-2+. The molecule has 0 bridgehead atoms. The minimum atomic E-state index is 0.0686. The molecule has 21 heavy (non-hydrogen) atoms. The molecule has 0 heterocycles. The Kier molecular flexibility index (Phi) is 7.24. The number of carbonyl (C=O) groups excluding carboxylic acids is 1. The van der Waals surface area contributed by atoms with Crippen LogP contribution in [-0.4, -0.2) is 26.4 Å². The monoisotopic (exact) mass is 325 g/mol. The topological polar surface area (TPSA) is 20.3 Å². The third kappa shape index (κ3) is 5.10. The fourth-order valence-corrected chi connectivity index (χ4v) is 4.95. The van der Waals surface area contributed by atoms with Crippen molar-refractivity contribution < 1.29 is 4.79 Å². The largest absolute Gasteiger partial charge is 0.351 e. The lowest BCUT2D eigenvalue weighted by molar-refractivity contribution is -0.106.